The zero-order chi connectivity index (χ0) is 22.6. The number of carbonyl (C=O) groups excluding carboxylic acids is 1. The summed E-state index contributed by atoms with van der Waals surface area (Å²) in [5, 5.41) is 2.99. The van der Waals surface area contributed by atoms with Gasteiger partial charge in [0.05, 0.1) is 11.3 Å². The van der Waals surface area contributed by atoms with Crippen LogP contribution in [0.1, 0.15) is 22.6 Å². The second-order valence-electron chi connectivity index (χ2n) is 9.23. The van der Waals surface area contributed by atoms with Crippen molar-refractivity contribution in [1.29, 1.82) is 0 Å². The summed E-state index contributed by atoms with van der Waals surface area (Å²) in [7, 11) is -1.13. The molecule has 1 aliphatic heterocycles. The molecule has 2 aromatic rings. The average Bonchev–Trinajstić information content (AvgIpc) is 3.07. The van der Waals surface area contributed by atoms with Crippen LogP contribution < -0.4 is 15.8 Å². The first-order valence-electron chi connectivity index (χ1n) is 10.7. The summed E-state index contributed by atoms with van der Waals surface area (Å²) in [6, 6.07) is 6.25. The molecule has 2 atom stereocenters. The Morgan fingerprint density at radius 3 is 2.84 bits per heavy atom. The number of carbonyl (C=O) groups is 1. The van der Waals surface area contributed by atoms with Crippen molar-refractivity contribution in [2.24, 2.45) is 5.73 Å². The lowest BCUT2D eigenvalue weighted by molar-refractivity contribution is 0.0713. The number of piperidine rings is 1. The van der Waals surface area contributed by atoms with Gasteiger partial charge in [-0.2, -0.15) is 0 Å². The molecule has 0 radical (unpaired) electrons. The first-order chi connectivity index (χ1) is 14.6. The number of aromatic nitrogens is 2. The van der Waals surface area contributed by atoms with E-state index in [2.05, 4.69) is 29.9 Å². The molecule has 1 aromatic carbocycles. The van der Waals surface area contributed by atoms with E-state index in [1.165, 1.54) is 0 Å². The van der Waals surface area contributed by atoms with Crippen LogP contribution in [0.2, 0.25) is 25.7 Å². The Balaban J connectivity index is 1.74. The van der Waals surface area contributed by atoms with Gasteiger partial charge in [0, 0.05) is 33.0 Å². The standard InChI is InChI=1S/C22H33FN4O3Si/c1-15-26-19(13-27(15)14-29-9-10-31(2,3)4)16-5-6-20(17(11-16)22(24)28)30-21-7-8-25-12-18(21)23/h5-6,11,13,18,21,25H,7-10,12,14H2,1-4H3,(H2,24,28)/t18-,21+/m0/s1. The smallest absolute Gasteiger partial charge is 0.252 e. The van der Waals surface area contributed by atoms with Crippen LogP contribution in [0.25, 0.3) is 11.3 Å². The highest BCUT2D eigenvalue weighted by atomic mass is 28.3. The quantitative estimate of drug-likeness (QED) is 0.453. The number of alkyl halides is 1. The number of imidazole rings is 1. The first kappa shape index (κ1) is 23.4. The number of amides is 1. The summed E-state index contributed by atoms with van der Waals surface area (Å²) in [6.45, 7) is 10.9. The summed E-state index contributed by atoms with van der Waals surface area (Å²) in [4.78, 5) is 16.6. The highest BCUT2D eigenvalue weighted by Crippen LogP contribution is 2.28. The molecule has 9 heteroatoms. The van der Waals surface area contributed by atoms with Crippen molar-refractivity contribution in [2.45, 2.75) is 58.0 Å². The predicted octanol–water partition coefficient (Wildman–Crippen LogP) is 3.35. The van der Waals surface area contributed by atoms with Crippen LogP contribution in [0.5, 0.6) is 5.75 Å². The summed E-state index contributed by atoms with van der Waals surface area (Å²) < 4.78 is 27.7. The van der Waals surface area contributed by atoms with Crippen LogP contribution in [0.4, 0.5) is 4.39 Å². The number of halogens is 1. The molecule has 0 spiro atoms. The Hall–Kier alpha value is -2.23. The van der Waals surface area contributed by atoms with E-state index in [0.29, 0.717) is 31.1 Å². The molecular weight excluding hydrogens is 415 g/mol. The van der Waals surface area contributed by atoms with Gasteiger partial charge in [0.2, 0.25) is 0 Å². The van der Waals surface area contributed by atoms with Gasteiger partial charge in [-0.05, 0) is 44.1 Å². The molecule has 1 aliphatic rings. The fourth-order valence-corrected chi connectivity index (χ4v) is 4.15. The van der Waals surface area contributed by atoms with Gasteiger partial charge in [-0.15, -0.1) is 0 Å². The molecule has 2 heterocycles. The van der Waals surface area contributed by atoms with Crippen molar-refractivity contribution in [3.63, 3.8) is 0 Å². The van der Waals surface area contributed by atoms with E-state index < -0.39 is 26.3 Å². The van der Waals surface area contributed by atoms with E-state index in [9.17, 15) is 9.18 Å². The van der Waals surface area contributed by atoms with Crippen molar-refractivity contribution in [3.8, 4) is 17.0 Å². The molecular formula is C22H33FN4O3Si. The number of nitrogens with zero attached hydrogens (tertiary/aromatic N) is 2. The Kier molecular flexibility index (Phi) is 7.50. The molecule has 3 N–H and O–H groups in total. The maximum atomic E-state index is 14.1. The number of aryl methyl sites for hydroxylation is 1. The van der Waals surface area contributed by atoms with E-state index >= 15 is 0 Å². The van der Waals surface area contributed by atoms with Crippen LogP contribution in [-0.4, -0.2) is 55.5 Å². The Bertz CT molecular complexity index is 913. The van der Waals surface area contributed by atoms with Gasteiger partial charge in [-0.25, -0.2) is 9.37 Å². The van der Waals surface area contributed by atoms with E-state index in [1.54, 1.807) is 12.1 Å². The van der Waals surface area contributed by atoms with E-state index in [4.69, 9.17) is 15.2 Å². The number of hydrogen-bond acceptors (Lipinski definition) is 5. The second-order valence-corrected chi connectivity index (χ2v) is 14.9. The van der Waals surface area contributed by atoms with Gasteiger partial charge in [-0.3, -0.25) is 4.79 Å². The maximum Gasteiger partial charge on any atom is 0.252 e. The Morgan fingerprint density at radius 2 is 2.16 bits per heavy atom. The zero-order valence-electron chi connectivity index (χ0n) is 18.8. The van der Waals surface area contributed by atoms with Crippen molar-refractivity contribution in [2.75, 3.05) is 19.7 Å². The lowest BCUT2D eigenvalue weighted by Crippen LogP contribution is -2.44. The molecule has 0 unspecified atom stereocenters. The highest BCUT2D eigenvalue weighted by molar-refractivity contribution is 6.76. The number of ether oxygens (including phenoxy) is 2. The van der Waals surface area contributed by atoms with Gasteiger partial charge in [0.25, 0.3) is 5.91 Å². The Morgan fingerprint density at radius 1 is 1.39 bits per heavy atom. The summed E-state index contributed by atoms with van der Waals surface area (Å²) >= 11 is 0. The highest BCUT2D eigenvalue weighted by Gasteiger charge is 2.27. The third-order valence-corrected chi connectivity index (χ3v) is 7.07. The van der Waals surface area contributed by atoms with E-state index in [0.717, 1.165) is 24.0 Å². The van der Waals surface area contributed by atoms with Crippen molar-refractivity contribution < 1.29 is 18.7 Å². The molecule has 0 bridgehead atoms. The average molecular weight is 449 g/mol. The molecule has 7 nitrogen and oxygen atoms in total. The van der Waals surface area contributed by atoms with Crippen LogP contribution in [-0.2, 0) is 11.5 Å². The maximum absolute atomic E-state index is 14.1. The topological polar surface area (TPSA) is 91.4 Å². The van der Waals surface area contributed by atoms with E-state index in [-0.39, 0.29) is 12.1 Å². The van der Waals surface area contributed by atoms with Gasteiger partial charge in [-0.1, -0.05) is 19.6 Å². The lowest BCUT2D eigenvalue weighted by atomic mass is 10.1. The van der Waals surface area contributed by atoms with Crippen LogP contribution in [0.3, 0.4) is 0 Å². The minimum Gasteiger partial charge on any atom is -0.486 e. The predicted molar refractivity (Wildman–Crippen MR) is 122 cm³/mol. The minimum atomic E-state index is -1.13. The summed E-state index contributed by atoms with van der Waals surface area (Å²) in [5.74, 6) is 0.502. The monoisotopic (exact) mass is 448 g/mol. The molecule has 31 heavy (non-hydrogen) atoms. The van der Waals surface area contributed by atoms with Crippen molar-refractivity contribution in [1.82, 2.24) is 14.9 Å². The Labute approximate surface area is 184 Å². The zero-order valence-corrected chi connectivity index (χ0v) is 19.8. The molecule has 3 rings (SSSR count). The molecule has 1 fully saturated rings. The van der Waals surface area contributed by atoms with E-state index in [1.807, 2.05) is 23.8 Å². The molecule has 0 aliphatic carbocycles. The van der Waals surface area contributed by atoms with Gasteiger partial charge < -0.3 is 25.1 Å². The lowest BCUT2D eigenvalue weighted by Gasteiger charge is -2.28. The first-order valence-corrected chi connectivity index (χ1v) is 14.4. The third-order valence-electron chi connectivity index (χ3n) is 5.37. The fourth-order valence-electron chi connectivity index (χ4n) is 3.40. The summed E-state index contributed by atoms with van der Waals surface area (Å²) in [6.07, 6.45) is 0.700. The third kappa shape index (κ3) is 6.38. The normalized spacial score (nSPS) is 19.4. The number of nitrogens with two attached hydrogens (primary N) is 1. The molecule has 170 valence electrons. The number of nitrogens with one attached hydrogen (secondary N) is 1. The minimum absolute atomic E-state index is 0.224. The number of benzene rings is 1. The van der Waals surface area contributed by atoms with Crippen LogP contribution >= 0.6 is 0 Å². The van der Waals surface area contributed by atoms with Crippen molar-refractivity contribution in [3.05, 3.63) is 35.8 Å². The largest absolute Gasteiger partial charge is 0.486 e. The molecule has 1 aromatic heterocycles. The number of primary amides is 1. The summed E-state index contributed by atoms with van der Waals surface area (Å²) in [5.41, 5.74) is 7.27. The van der Waals surface area contributed by atoms with Crippen LogP contribution in [0.15, 0.2) is 24.4 Å². The SMILES string of the molecule is Cc1nc(-c2ccc(O[C@@H]3CCNC[C@@H]3F)c(C(N)=O)c2)cn1COCC[Si](C)(C)C. The molecule has 1 saturated heterocycles. The fraction of sp³-hybridized carbons (Fsp3) is 0.545. The molecule has 1 amide bonds. The second kappa shape index (κ2) is 9.93. The van der Waals surface area contributed by atoms with Gasteiger partial charge in [0.1, 0.15) is 30.6 Å². The number of rotatable bonds is 9. The van der Waals surface area contributed by atoms with Gasteiger partial charge >= 0.3 is 0 Å². The number of hydrogen-bond donors (Lipinski definition) is 2. The van der Waals surface area contributed by atoms with Gasteiger partial charge in [0.15, 0.2) is 0 Å². The molecule has 0 saturated carbocycles. The van der Waals surface area contributed by atoms with Crippen LogP contribution in [0, 0.1) is 6.92 Å². The van der Waals surface area contributed by atoms with Crippen molar-refractivity contribution >= 4 is 14.0 Å².